The first-order chi connectivity index (χ1) is 8.82. The van der Waals surface area contributed by atoms with Gasteiger partial charge < -0.3 is 15.2 Å². The number of nitrogens with two attached hydrogens (primary N) is 1. The molecule has 2 N–H and O–H groups in total. The molecule has 0 unspecified atom stereocenters. The van der Waals surface area contributed by atoms with E-state index in [-0.39, 0.29) is 18.2 Å². The number of carbonyl (C=O) groups is 1. The van der Waals surface area contributed by atoms with E-state index in [1.807, 2.05) is 40.7 Å². The van der Waals surface area contributed by atoms with E-state index in [1.54, 1.807) is 6.07 Å². The SMILES string of the molecule is Cc1c(COC(C)C)ccc(C(=O)OC(C)C)c1N. The quantitative estimate of drug-likeness (QED) is 0.656. The van der Waals surface area contributed by atoms with Crippen molar-refractivity contribution in [2.45, 2.75) is 53.4 Å². The van der Waals surface area contributed by atoms with Gasteiger partial charge in [0, 0.05) is 5.69 Å². The zero-order valence-electron chi connectivity index (χ0n) is 12.3. The van der Waals surface area contributed by atoms with E-state index in [0.29, 0.717) is 17.9 Å². The average Bonchev–Trinajstić information content (AvgIpc) is 2.29. The van der Waals surface area contributed by atoms with Crippen LogP contribution in [0.2, 0.25) is 0 Å². The third-order valence-electron chi connectivity index (χ3n) is 2.76. The molecule has 0 spiro atoms. The zero-order valence-corrected chi connectivity index (χ0v) is 12.3. The molecular weight excluding hydrogens is 242 g/mol. The minimum atomic E-state index is -0.382. The topological polar surface area (TPSA) is 61.5 Å². The minimum absolute atomic E-state index is 0.156. The fourth-order valence-electron chi connectivity index (χ4n) is 1.64. The summed E-state index contributed by atoms with van der Waals surface area (Å²) in [6, 6.07) is 3.57. The summed E-state index contributed by atoms with van der Waals surface area (Å²) in [6.45, 7) is 9.96. The van der Waals surface area contributed by atoms with Crippen LogP contribution in [0.5, 0.6) is 0 Å². The molecule has 19 heavy (non-hydrogen) atoms. The monoisotopic (exact) mass is 265 g/mol. The van der Waals surface area contributed by atoms with Crippen LogP contribution >= 0.6 is 0 Å². The van der Waals surface area contributed by atoms with E-state index in [0.717, 1.165) is 11.1 Å². The predicted molar refractivity (Wildman–Crippen MR) is 76.1 cm³/mol. The highest BCUT2D eigenvalue weighted by Crippen LogP contribution is 2.23. The van der Waals surface area contributed by atoms with Crippen molar-refractivity contribution >= 4 is 11.7 Å². The molecule has 0 radical (unpaired) electrons. The van der Waals surface area contributed by atoms with Crippen LogP contribution in [0.15, 0.2) is 12.1 Å². The van der Waals surface area contributed by atoms with Gasteiger partial charge in [0.05, 0.1) is 24.4 Å². The molecule has 0 aromatic heterocycles. The van der Waals surface area contributed by atoms with Gasteiger partial charge in [-0.2, -0.15) is 0 Å². The Hall–Kier alpha value is -1.55. The van der Waals surface area contributed by atoms with Crippen LogP contribution in [-0.4, -0.2) is 18.2 Å². The van der Waals surface area contributed by atoms with E-state index >= 15 is 0 Å². The Balaban J connectivity index is 2.94. The third-order valence-corrected chi connectivity index (χ3v) is 2.76. The first kappa shape index (κ1) is 15.5. The van der Waals surface area contributed by atoms with Crippen molar-refractivity contribution in [1.29, 1.82) is 0 Å². The number of carbonyl (C=O) groups excluding carboxylic acids is 1. The summed E-state index contributed by atoms with van der Waals surface area (Å²) in [4.78, 5) is 11.9. The summed E-state index contributed by atoms with van der Waals surface area (Å²) in [5.41, 5.74) is 8.76. The van der Waals surface area contributed by atoms with Crippen molar-refractivity contribution in [1.82, 2.24) is 0 Å². The standard InChI is InChI=1S/C15H23NO3/c1-9(2)18-8-12-6-7-13(14(16)11(12)5)15(17)19-10(3)4/h6-7,9-10H,8,16H2,1-5H3. The molecule has 0 aliphatic heterocycles. The van der Waals surface area contributed by atoms with Crippen molar-refractivity contribution in [3.63, 3.8) is 0 Å². The Morgan fingerprint density at radius 3 is 2.37 bits per heavy atom. The normalized spacial score (nSPS) is 11.1. The molecule has 0 saturated carbocycles. The van der Waals surface area contributed by atoms with Gasteiger partial charge in [0.25, 0.3) is 0 Å². The first-order valence-corrected chi connectivity index (χ1v) is 6.53. The number of esters is 1. The maximum absolute atomic E-state index is 11.9. The van der Waals surface area contributed by atoms with Crippen LogP contribution < -0.4 is 5.73 Å². The molecule has 0 amide bonds. The largest absolute Gasteiger partial charge is 0.459 e. The smallest absolute Gasteiger partial charge is 0.340 e. The molecule has 1 aromatic rings. The maximum atomic E-state index is 11.9. The molecule has 0 bridgehead atoms. The average molecular weight is 265 g/mol. The number of rotatable bonds is 5. The van der Waals surface area contributed by atoms with E-state index in [2.05, 4.69) is 0 Å². The highest BCUT2D eigenvalue weighted by Gasteiger charge is 2.16. The highest BCUT2D eigenvalue weighted by atomic mass is 16.5. The molecule has 1 aromatic carbocycles. The zero-order chi connectivity index (χ0) is 14.6. The molecule has 0 aliphatic rings. The van der Waals surface area contributed by atoms with Gasteiger partial charge in [-0.05, 0) is 51.8 Å². The van der Waals surface area contributed by atoms with Gasteiger partial charge in [-0.15, -0.1) is 0 Å². The molecule has 106 valence electrons. The van der Waals surface area contributed by atoms with Crippen LogP contribution in [0.4, 0.5) is 5.69 Å². The number of nitrogen functional groups attached to an aromatic ring is 1. The summed E-state index contributed by atoms with van der Waals surface area (Å²) < 4.78 is 10.7. The Kier molecular flexibility index (Phi) is 5.36. The van der Waals surface area contributed by atoms with Gasteiger partial charge in [0.15, 0.2) is 0 Å². The van der Waals surface area contributed by atoms with Crippen LogP contribution in [0.3, 0.4) is 0 Å². The lowest BCUT2D eigenvalue weighted by atomic mass is 10.0. The van der Waals surface area contributed by atoms with Crippen molar-refractivity contribution in [3.8, 4) is 0 Å². The lowest BCUT2D eigenvalue weighted by molar-refractivity contribution is 0.0378. The van der Waals surface area contributed by atoms with Gasteiger partial charge >= 0.3 is 5.97 Å². The van der Waals surface area contributed by atoms with Crippen LogP contribution in [0.1, 0.15) is 49.2 Å². The minimum Gasteiger partial charge on any atom is -0.459 e. The van der Waals surface area contributed by atoms with Crippen molar-refractivity contribution < 1.29 is 14.3 Å². The summed E-state index contributed by atoms with van der Waals surface area (Å²) >= 11 is 0. The van der Waals surface area contributed by atoms with Crippen molar-refractivity contribution in [3.05, 3.63) is 28.8 Å². The van der Waals surface area contributed by atoms with E-state index in [1.165, 1.54) is 0 Å². The van der Waals surface area contributed by atoms with Gasteiger partial charge in [0.2, 0.25) is 0 Å². The summed E-state index contributed by atoms with van der Waals surface area (Å²) in [7, 11) is 0. The van der Waals surface area contributed by atoms with Crippen molar-refractivity contribution in [2.75, 3.05) is 5.73 Å². The molecular formula is C15H23NO3. The van der Waals surface area contributed by atoms with Crippen LogP contribution in [0, 0.1) is 6.92 Å². The molecule has 0 saturated heterocycles. The summed E-state index contributed by atoms with van der Waals surface area (Å²) in [5.74, 6) is -0.382. The molecule has 0 aliphatic carbocycles. The summed E-state index contributed by atoms with van der Waals surface area (Å²) in [6.07, 6.45) is 0.00219. The predicted octanol–water partition coefficient (Wildman–Crippen LogP) is 3.07. The highest BCUT2D eigenvalue weighted by molar-refractivity contribution is 5.96. The lowest BCUT2D eigenvalue weighted by Gasteiger charge is -2.15. The Morgan fingerprint density at radius 1 is 1.21 bits per heavy atom. The van der Waals surface area contributed by atoms with Gasteiger partial charge in [-0.3, -0.25) is 0 Å². The van der Waals surface area contributed by atoms with Crippen LogP contribution in [0.25, 0.3) is 0 Å². The molecule has 0 heterocycles. The molecule has 4 heteroatoms. The summed E-state index contributed by atoms with van der Waals surface area (Å²) in [5, 5.41) is 0. The fraction of sp³-hybridized carbons (Fsp3) is 0.533. The van der Waals surface area contributed by atoms with Crippen LogP contribution in [-0.2, 0) is 16.1 Å². The number of anilines is 1. The Bertz CT molecular complexity index is 453. The third kappa shape index (κ3) is 4.24. The second-order valence-corrected chi connectivity index (χ2v) is 5.12. The number of benzene rings is 1. The van der Waals surface area contributed by atoms with E-state index in [4.69, 9.17) is 15.2 Å². The number of hydrogen-bond acceptors (Lipinski definition) is 4. The fourth-order valence-corrected chi connectivity index (χ4v) is 1.64. The second-order valence-electron chi connectivity index (χ2n) is 5.12. The Morgan fingerprint density at radius 2 is 1.84 bits per heavy atom. The number of hydrogen-bond donors (Lipinski definition) is 1. The molecule has 4 nitrogen and oxygen atoms in total. The Labute approximate surface area is 114 Å². The van der Waals surface area contributed by atoms with Gasteiger partial charge in [-0.25, -0.2) is 4.79 Å². The maximum Gasteiger partial charge on any atom is 0.340 e. The first-order valence-electron chi connectivity index (χ1n) is 6.53. The van der Waals surface area contributed by atoms with Crippen molar-refractivity contribution in [2.24, 2.45) is 0 Å². The van der Waals surface area contributed by atoms with E-state index < -0.39 is 0 Å². The van der Waals surface area contributed by atoms with Gasteiger partial charge in [-0.1, -0.05) is 6.07 Å². The van der Waals surface area contributed by atoms with Gasteiger partial charge in [0.1, 0.15) is 0 Å². The second kappa shape index (κ2) is 6.57. The molecule has 1 rings (SSSR count). The molecule has 0 fully saturated rings. The van der Waals surface area contributed by atoms with E-state index in [9.17, 15) is 4.79 Å². The number of ether oxygens (including phenoxy) is 2. The lowest BCUT2D eigenvalue weighted by Crippen LogP contribution is -2.15. The molecule has 0 atom stereocenters.